The molecule has 1 aromatic carbocycles. The van der Waals surface area contributed by atoms with E-state index in [0.29, 0.717) is 0 Å². The van der Waals surface area contributed by atoms with Gasteiger partial charge in [0.2, 0.25) is 0 Å². The lowest BCUT2D eigenvalue weighted by molar-refractivity contribution is -0.138. The number of carboxylic acids is 1. The first-order chi connectivity index (χ1) is 11.6. The van der Waals surface area contributed by atoms with Crippen molar-refractivity contribution in [2.45, 2.75) is 32.1 Å². The first-order valence-electron chi connectivity index (χ1n) is 8.49. The first kappa shape index (κ1) is 16.4. The molecule has 1 saturated heterocycles. The molecule has 1 atom stereocenters. The van der Waals surface area contributed by atoms with Gasteiger partial charge >= 0.3 is 5.97 Å². The van der Waals surface area contributed by atoms with Gasteiger partial charge in [-0.15, -0.1) is 0 Å². The summed E-state index contributed by atoms with van der Waals surface area (Å²) in [7, 11) is 0. The van der Waals surface area contributed by atoms with E-state index in [0.717, 1.165) is 29.8 Å². The van der Waals surface area contributed by atoms with Crippen molar-refractivity contribution in [2.75, 3.05) is 18.0 Å². The maximum Gasteiger partial charge on any atom is 0.310 e. The molecule has 2 bridgehead atoms. The van der Waals surface area contributed by atoms with Crippen molar-refractivity contribution in [3.63, 3.8) is 0 Å². The number of hydrogen-bond donors (Lipinski definition) is 1. The van der Waals surface area contributed by atoms with Crippen LogP contribution in [0.4, 0.5) is 5.69 Å². The van der Waals surface area contributed by atoms with Crippen LogP contribution in [0.3, 0.4) is 0 Å². The third kappa shape index (κ3) is 3.88. The molecule has 3 aromatic rings. The van der Waals surface area contributed by atoms with Crippen LogP contribution in [0.15, 0.2) is 52.9 Å². The Morgan fingerprint density at radius 1 is 0.958 bits per heavy atom. The van der Waals surface area contributed by atoms with Gasteiger partial charge in [0.15, 0.2) is 0 Å². The van der Waals surface area contributed by atoms with Crippen molar-refractivity contribution in [3.05, 3.63) is 54.1 Å². The third-order valence-corrected chi connectivity index (χ3v) is 4.54. The molecule has 24 heavy (non-hydrogen) atoms. The smallest absolute Gasteiger partial charge is 0.310 e. The highest BCUT2D eigenvalue weighted by Crippen LogP contribution is 2.23. The third-order valence-electron chi connectivity index (χ3n) is 4.54. The van der Waals surface area contributed by atoms with Gasteiger partial charge in [0.05, 0.1) is 5.92 Å². The van der Waals surface area contributed by atoms with E-state index < -0.39 is 11.9 Å². The zero-order chi connectivity index (χ0) is 16.9. The lowest BCUT2D eigenvalue weighted by atomic mass is 10.0. The summed E-state index contributed by atoms with van der Waals surface area (Å²) in [6, 6.07) is 15.8. The summed E-state index contributed by atoms with van der Waals surface area (Å²) in [6.45, 7) is 3.96. The topological polar surface area (TPSA) is 53.7 Å². The fourth-order valence-electron chi connectivity index (χ4n) is 2.98. The molecule has 2 aromatic heterocycles. The number of piperidine rings is 1. The number of carbonyl (C=O) groups is 1. The van der Waals surface area contributed by atoms with E-state index in [9.17, 15) is 4.79 Å². The Bertz CT molecular complexity index is 711. The summed E-state index contributed by atoms with van der Waals surface area (Å²) in [5, 5.41) is 8.94. The Labute approximate surface area is 142 Å². The molecule has 0 radical (unpaired) electrons. The maximum atomic E-state index is 10.9. The SMILES string of the molecule is CC(C(=O)O)c1ccc(N2CCCCC2)cc1.c1cc2ccc1o2. The number of fused-ring (bicyclic) bond motifs is 2. The number of nitrogens with zero attached hydrogens (tertiary/aromatic N) is 1. The van der Waals surface area contributed by atoms with Crippen molar-refractivity contribution in [3.8, 4) is 0 Å². The van der Waals surface area contributed by atoms with Crippen molar-refractivity contribution >= 4 is 22.8 Å². The summed E-state index contributed by atoms with van der Waals surface area (Å²) in [6.07, 6.45) is 3.84. The molecule has 4 heteroatoms. The summed E-state index contributed by atoms with van der Waals surface area (Å²) >= 11 is 0. The Balaban J connectivity index is 0.000000198. The number of anilines is 1. The summed E-state index contributed by atoms with van der Waals surface area (Å²) in [5.41, 5.74) is 4.02. The van der Waals surface area contributed by atoms with Gasteiger partial charge in [-0.3, -0.25) is 4.79 Å². The van der Waals surface area contributed by atoms with Crippen LogP contribution in [-0.4, -0.2) is 24.2 Å². The van der Waals surface area contributed by atoms with Gasteiger partial charge in [-0.1, -0.05) is 12.1 Å². The Hall–Kier alpha value is -2.49. The molecule has 1 fully saturated rings. The fraction of sp³-hybridized carbons (Fsp3) is 0.350. The highest BCUT2D eigenvalue weighted by atomic mass is 16.4. The van der Waals surface area contributed by atoms with Crippen LogP contribution < -0.4 is 4.90 Å². The number of hydrogen-bond acceptors (Lipinski definition) is 3. The van der Waals surface area contributed by atoms with Gasteiger partial charge in [-0.25, -0.2) is 0 Å². The Morgan fingerprint density at radius 2 is 1.50 bits per heavy atom. The lowest BCUT2D eigenvalue weighted by Crippen LogP contribution is -2.29. The molecule has 0 spiro atoms. The standard InChI is InChI=1S/C14H19NO2.C6H4O/c1-11(14(16)17)12-5-7-13(8-6-12)15-9-3-2-4-10-15;1-2-6-4-3-5(1)7-6/h5-8,11H,2-4,9-10H2,1H3,(H,16,17);1-4H. The van der Waals surface area contributed by atoms with E-state index in [1.54, 1.807) is 6.92 Å². The van der Waals surface area contributed by atoms with Gasteiger partial charge < -0.3 is 14.4 Å². The summed E-state index contributed by atoms with van der Waals surface area (Å²) in [5.74, 6) is -1.19. The minimum absolute atomic E-state index is 0.426. The van der Waals surface area contributed by atoms with E-state index in [2.05, 4.69) is 4.90 Å². The van der Waals surface area contributed by atoms with Gasteiger partial charge in [0.1, 0.15) is 11.2 Å². The molecular weight excluding hydrogens is 302 g/mol. The molecule has 126 valence electrons. The van der Waals surface area contributed by atoms with Crippen molar-refractivity contribution < 1.29 is 14.3 Å². The van der Waals surface area contributed by atoms with Gasteiger partial charge in [0.25, 0.3) is 0 Å². The minimum Gasteiger partial charge on any atom is -0.481 e. The second-order valence-electron chi connectivity index (χ2n) is 6.27. The van der Waals surface area contributed by atoms with Gasteiger partial charge in [-0.05, 0) is 68.1 Å². The number of furan rings is 2. The molecule has 0 amide bonds. The maximum absolute atomic E-state index is 10.9. The molecule has 1 unspecified atom stereocenters. The minimum atomic E-state index is -0.768. The van der Waals surface area contributed by atoms with E-state index in [1.807, 2.05) is 48.5 Å². The summed E-state index contributed by atoms with van der Waals surface area (Å²) in [4.78, 5) is 13.2. The number of aliphatic carboxylic acids is 1. The van der Waals surface area contributed by atoms with Crippen LogP contribution in [0, 0.1) is 0 Å². The quantitative estimate of drug-likeness (QED) is 0.756. The second-order valence-corrected chi connectivity index (χ2v) is 6.27. The summed E-state index contributed by atoms with van der Waals surface area (Å²) < 4.78 is 5.08. The number of rotatable bonds is 3. The highest BCUT2D eigenvalue weighted by molar-refractivity contribution is 5.75. The lowest BCUT2D eigenvalue weighted by Gasteiger charge is -2.29. The number of carboxylic acid groups (broad SMARTS) is 1. The van der Waals surface area contributed by atoms with Crippen LogP contribution >= 0.6 is 0 Å². The molecule has 1 aliphatic rings. The van der Waals surface area contributed by atoms with Crippen LogP contribution in [0.2, 0.25) is 0 Å². The van der Waals surface area contributed by atoms with Crippen molar-refractivity contribution in [2.24, 2.45) is 0 Å². The largest absolute Gasteiger partial charge is 0.481 e. The fourth-order valence-corrected chi connectivity index (χ4v) is 2.98. The molecule has 1 N–H and O–H groups in total. The molecule has 1 aliphatic heterocycles. The first-order valence-corrected chi connectivity index (χ1v) is 8.49. The molecule has 0 saturated carbocycles. The van der Waals surface area contributed by atoms with Gasteiger partial charge in [-0.2, -0.15) is 0 Å². The van der Waals surface area contributed by atoms with Crippen LogP contribution in [-0.2, 0) is 4.79 Å². The molecule has 0 aliphatic carbocycles. The number of benzene rings is 2. The predicted octanol–water partition coefficient (Wildman–Crippen LogP) is 4.74. The molecule has 3 heterocycles. The van der Waals surface area contributed by atoms with Gasteiger partial charge in [0, 0.05) is 18.8 Å². The van der Waals surface area contributed by atoms with Crippen LogP contribution in [0.5, 0.6) is 0 Å². The monoisotopic (exact) mass is 325 g/mol. The highest BCUT2D eigenvalue weighted by Gasteiger charge is 2.15. The normalized spacial score (nSPS) is 15.8. The van der Waals surface area contributed by atoms with Crippen molar-refractivity contribution in [1.29, 1.82) is 0 Å². The zero-order valence-electron chi connectivity index (χ0n) is 13.9. The van der Waals surface area contributed by atoms with E-state index in [1.165, 1.54) is 24.9 Å². The Morgan fingerprint density at radius 3 is 1.92 bits per heavy atom. The molecular formula is C20H23NO3. The van der Waals surface area contributed by atoms with Crippen molar-refractivity contribution in [1.82, 2.24) is 0 Å². The van der Waals surface area contributed by atoms with Crippen LogP contribution in [0.25, 0.3) is 11.2 Å². The van der Waals surface area contributed by atoms with Crippen LogP contribution in [0.1, 0.15) is 37.7 Å². The van der Waals surface area contributed by atoms with E-state index >= 15 is 0 Å². The predicted molar refractivity (Wildman–Crippen MR) is 96.0 cm³/mol. The molecule has 4 rings (SSSR count). The second kappa shape index (κ2) is 7.39. The Kier molecular flexibility index (Phi) is 5.04. The average Bonchev–Trinajstić information content (AvgIpc) is 3.28. The molecule has 4 nitrogen and oxygen atoms in total. The van der Waals surface area contributed by atoms with E-state index in [4.69, 9.17) is 9.52 Å². The van der Waals surface area contributed by atoms with E-state index in [-0.39, 0.29) is 0 Å². The average molecular weight is 325 g/mol. The zero-order valence-corrected chi connectivity index (χ0v) is 13.9.